The highest BCUT2D eigenvalue weighted by Gasteiger charge is 2.22. The van der Waals surface area contributed by atoms with E-state index in [1.165, 1.54) is 12.1 Å². The van der Waals surface area contributed by atoms with Gasteiger partial charge >= 0.3 is 0 Å². The first-order valence-corrected chi connectivity index (χ1v) is 7.08. The summed E-state index contributed by atoms with van der Waals surface area (Å²) in [6, 6.07) is 8.43. The zero-order valence-corrected chi connectivity index (χ0v) is 11.9. The van der Waals surface area contributed by atoms with Crippen LogP contribution >= 0.6 is 0 Å². The van der Waals surface area contributed by atoms with Crippen LogP contribution in [0.15, 0.2) is 24.3 Å². The molecule has 110 valence electrons. The number of nitro benzene ring substituents is 1. The molecule has 0 fully saturated rings. The van der Waals surface area contributed by atoms with Crippen molar-refractivity contribution >= 4 is 11.5 Å². The average molecular weight is 294 g/mol. The lowest BCUT2D eigenvalue weighted by atomic mass is 9.86. The third-order valence-corrected chi connectivity index (χ3v) is 3.96. The van der Waals surface area contributed by atoms with Crippen molar-refractivity contribution in [2.24, 2.45) is 0 Å². The van der Waals surface area contributed by atoms with Gasteiger partial charge in [-0.25, -0.2) is 4.98 Å². The summed E-state index contributed by atoms with van der Waals surface area (Å²) in [5, 5.41) is 20.4. The van der Waals surface area contributed by atoms with Crippen LogP contribution in [0.2, 0.25) is 0 Å². The lowest BCUT2D eigenvalue weighted by molar-refractivity contribution is -0.384. The van der Waals surface area contributed by atoms with Crippen LogP contribution in [0.1, 0.15) is 29.7 Å². The number of non-ortho nitro benzene ring substituents is 1. The van der Waals surface area contributed by atoms with E-state index in [9.17, 15) is 15.4 Å². The van der Waals surface area contributed by atoms with E-state index in [0.29, 0.717) is 16.7 Å². The molecule has 0 bridgehead atoms. The van der Waals surface area contributed by atoms with Crippen molar-refractivity contribution in [2.75, 3.05) is 5.73 Å². The molecule has 22 heavy (non-hydrogen) atoms. The molecule has 0 saturated carbocycles. The number of aromatic nitrogens is 1. The first-order valence-electron chi connectivity index (χ1n) is 7.08. The second-order valence-electron chi connectivity index (χ2n) is 5.30. The van der Waals surface area contributed by atoms with Crippen LogP contribution in [-0.4, -0.2) is 9.91 Å². The van der Waals surface area contributed by atoms with Gasteiger partial charge < -0.3 is 5.73 Å². The summed E-state index contributed by atoms with van der Waals surface area (Å²) in [6.07, 6.45) is 3.70. The van der Waals surface area contributed by atoms with Crippen molar-refractivity contribution in [3.63, 3.8) is 0 Å². The lowest BCUT2D eigenvalue weighted by Gasteiger charge is -2.20. The van der Waals surface area contributed by atoms with E-state index in [0.717, 1.165) is 36.9 Å². The number of nitrogens with two attached hydrogens (primary N) is 1. The lowest BCUT2D eigenvalue weighted by Crippen LogP contribution is -2.11. The van der Waals surface area contributed by atoms with Crippen molar-refractivity contribution in [1.29, 1.82) is 5.26 Å². The molecule has 0 amide bonds. The predicted molar refractivity (Wildman–Crippen MR) is 82.1 cm³/mol. The molecule has 2 aromatic rings. The number of nitrogen functional groups attached to an aromatic ring is 1. The summed E-state index contributed by atoms with van der Waals surface area (Å²) in [6.45, 7) is 0. The molecule has 0 aliphatic heterocycles. The van der Waals surface area contributed by atoms with E-state index in [4.69, 9.17) is 5.73 Å². The third kappa shape index (κ3) is 2.27. The summed E-state index contributed by atoms with van der Waals surface area (Å²) >= 11 is 0. The number of anilines is 1. The maximum Gasteiger partial charge on any atom is 0.270 e. The first-order chi connectivity index (χ1) is 10.6. The standard InChI is InChI=1S/C16H14N4O2/c17-9-13-15(10-4-3-5-11(8-10)20(21)22)12-6-1-2-7-14(12)19-16(13)18/h3-5,8H,1-2,6-7H2,(H2,18,19). The fourth-order valence-corrected chi connectivity index (χ4v) is 2.97. The van der Waals surface area contributed by atoms with Crippen molar-refractivity contribution in [3.05, 3.63) is 51.2 Å². The van der Waals surface area contributed by atoms with Gasteiger partial charge in [-0.15, -0.1) is 0 Å². The maximum atomic E-state index is 11.0. The molecule has 1 aliphatic carbocycles. The van der Waals surface area contributed by atoms with Crippen LogP contribution in [0, 0.1) is 21.4 Å². The van der Waals surface area contributed by atoms with Gasteiger partial charge in [-0.1, -0.05) is 12.1 Å². The van der Waals surface area contributed by atoms with Gasteiger partial charge in [0.05, 0.1) is 4.92 Å². The Morgan fingerprint density at radius 3 is 2.82 bits per heavy atom. The molecule has 1 heterocycles. The Hall–Kier alpha value is -2.94. The number of benzene rings is 1. The molecule has 0 spiro atoms. The molecule has 3 rings (SSSR count). The second-order valence-corrected chi connectivity index (χ2v) is 5.30. The molecule has 0 radical (unpaired) electrons. The number of nitrogens with zero attached hydrogens (tertiary/aromatic N) is 3. The molecule has 0 unspecified atom stereocenters. The van der Waals surface area contributed by atoms with Crippen LogP contribution in [0.3, 0.4) is 0 Å². The van der Waals surface area contributed by atoms with Crippen LogP contribution in [0.25, 0.3) is 11.1 Å². The molecular formula is C16H14N4O2. The van der Waals surface area contributed by atoms with E-state index in [2.05, 4.69) is 11.1 Å². The van der Waals surface area contributed by atoms with Crippen LogP contribution in [-0.2, 0) is 12.8 Å². The number of fused-ring (bicyclic) bond motifs is 1. The maximum absolute atomic E-state index is 11.0. The van der Waals surface area contributed by atoms with Gasteiger partial charge in [-0.3, -0.25) is 10.1 Å². The molecule has 6 heteroatoms. The Kier molecular flexibility index (Phi) is 3.47. The smallest absolute Gasteiger partial charge is 0.270 e. The number of aryl methyl sites for hydroxylation is 1. The van der Waals surface area contributed by atoms with Gasteiger partial charge in [0.15, 0.2) is 0 Å². The van der Waals surface area contributed by atoms with Gasteiger partial charge in [0, 0.05) is 23.4 Å². The minimum absolute atomic E-state index is 0.00123. The third-order valence-electron chi connectivity index (χ3n) is 3.96. The molecule has 6 nitrogen and oxygen atoms in total. The Morgan fingerprint density at radius 2 is 2.09 bits per heavy atom. The number of rotatable bonds is 2. The molecule has 0 atom stereocenters. The Labute approximate surface area is 127 Å². The predicted octanol–water partition coefficient (Wildman–Crippen LogP) is 2.99. The largest absolute Gasteiger partial charge is 0.383 e. The number of hydrogen-bond donors (Lipinski definition) is 1. The second kappa shape index (κ2) is 5.45. The average Bonchev–Trinajstić information content (AvgIpc) is 2.53. The molecule has 1 aromatic heterocycles. The van der Waals surface area contributed by atoms with Crippen LogP contribution in [0.5, 0.6) is 0 Å². The van der Waals surface area contributed by atoms with Crippen molar-refractivity contribution in [3.8, 4) is 17.2 Å². The van der Waals surface area contributed by atoms with Gasteiger partial charge in [0.25, 0.3) is 5.69 Å². The fourth-order valence-electron chi connectivity index (χ4n) is 2.97. The Balaban J connectivity index is 2.29. The monoisotopic (exact) mass is 294 g/mol. The summed E-state index contributed by atoms with van der Waals surface area (Å²) in [5.74, 6) is 0.199. The zero-order valence-electron chi connectivity index (χ0n) is 11.9. The molecular weight excluding hydrogens is 280 g/mol. The minimum atomic E-state index is -0.438. The molecule has 1 aliphatic rings. The molecule has 0 saturated heterocycles. The van der Waals surface area contributed by atoms with Gasteiger partial charge in [0.1, 0.15) is 17.5 Å². The summed E-state index contributed by atoms with van der Waals surface area (Å²) in [5.41, 5.74) is 9.49. The van der Waals surface area contributed by atoms with E-state index >= 15 is 0 Å². The molecule has 1 aromatic carbocycles. The topological polar surface area (TPSA) is 106 Å². The Morgan fingerprint density at radius 1 is 1.32 bits per heavy atom. The van der Waals surface area contributed by atoms with Crippen molar-refractivity contribution < 1.29 is 4.92 Å². The highest BCUT2D eigenvalue weighted by atomic mass is 16.6. The van der Waals surface area contributed by atoms with Crippen LogP contribution in [0.4, 0.5) is 11.5 Å². The van der Waals surface area contributed by atoms with Crippen LogP contribution < -0.4 is 5.73 Å². The van der Waals surface area contributed by atoms with Crippen molar-refractivity contribution in [1.82, 2.24) is 4.98 Å². The van der Waals surface area contributed by atoms with E-state index < -0.39 is 4.92 Å². The number of pyridine rings is 1. The SMILES string of the molecule is N#Cc1c(N)nc2c(c1-c1cccc([N+](=O)[O-])c1)CCCC2. The summed E-state index contributed by atoms with van der Waals surface area (Å²) < 4.78 is 0. The number of nitriles is 1. The van der Waals surface area contributed by atoms with Crippen molar-refractivity contribution in [2.45, 2.75) is 25.7 Å². The first kappa shape index (κ1) is 14.0. The highest BCUT2D eigenvalue weighted by Crippen LogP contribution is 2.36. The molecule has 2 N–H and O–H groups in total. The zero-order chi connectivity index (χ0) is 15.7. The van der Waals surface area contributed by atoms with E-state index in [1.807, 2.05) is 0 Å². The Bertz CT molecular complexity index is 809. The normalized spacial score (nSPS) is 13.2. The van der Waals surface area contributed by atoms with Gasteiger partial charge in [-0.2, -0.15) is 5.26 Å². The van der Waals surface area contributed by atoms with E-state index in [-0.39, 0.29) is 11.5 Å². The summed E-state index contributed by atoms with van der Waals surface area (Å²) in [4.78, 5) is 14.9. The number of nitro groups is 1. The number of hydrogen-bond acceptors (Lipinski definition) is 5. The van der Waals surface area contributed by atoms with Gasteiger partial charge in [-0.05, 0) is 36.8 Å². The quantitative estimate of drug-likeness (QED) is 0.677. The minimum Gasteiger partial charge on any atom is -0.383 e. The highest BCUT2D eigenvalue weighted by molar-refractivity contribution is 5.80. The van der Waals surface area contributed by atoms with Gasteiger partial charge in [0.2, 0.25) is 0 Å². The van der Waals surface area contributed by atoms with E-state index in [1.54, 1.807) is 12.1 Å². The fraction of sp³-hybridized carbons (Fsp3) is 0.250. The summed E-state index contributed by atoms with van der Waals surface area (Å²) in [7, 11) is 0.